The molecule has 4 amide bonds. The van der Waals surface area contributed by atoms with Crippen molar-refractivity contribution in [2.24, 2.45) is 5.92 Å². The molecule has 4 rings (SSSR count). The Labute approximate surface area is 155 Å². The first-order valence-electron chi connectivity index (χ1n) is 9.00. The minimum atomic E-state index is -0.965. The van der Waals surface area contributed by atoms with Gasteiger partial charge in [-0.25, -0.2) is 0 Å². The number of imide groups is 2. The Kier molecular flexibility index (Phi) is 4.15. The van der Waals surface area contributed by atoms with Crippen LogP contribution in [-0.2, 0) is 9.59 Å². The van der Waals surface area contributed by atoms with Crippen LogP contribution in [0, 0.1) is 17.2 Å². The number of carbonyl (C=O) groups is 4. The summed E-state index contributed by atoms with van der Waals surface area (Å²) in [6.07, 6.45) is 1.65. The number of nitriles is 1. The van der Waals surface area contributed by atoms with Crippen LogP contribution in [-0.4, -0.2) is 47.7 Å². The van der Waals surface area contributed by atoms with Crippen molar-refractivity contribution >= 4 is 29.3 Å². The Bertz CT molecular complexity index is 895. The van der Waals surface area contributed by atoms with Crippen LogP contribution in [0.4, 0.5) is 5.69 Å². The number of fused-ring (bicyclic) bond motifs is 1. The summed E-state index contributed by atoms with van der Waals surface area (Å²) in [7, 11) is 0. The van der Waals surface area contributed by atoms with Gasteiger partial charge in [-0.1, -0.05) is 6.07 Å². The zero-order chi connectivity index (χ0) is 19.1. The maximum Gasteiger partial charge on any atom is 0.264 e. The second-order valence-corrected chi connectivity index (χ2v) is 7.04. The molecule has 3 aliphatic rings. The van der Waals surface area contributed by atoms with Crippen LogP contribution in [0.25, 0.3) is 0 Å². The monoisotopic (exact) mass is 366 g/mol. The maximum atomic E-state index is 13.1. The molecule has 138 valence electrons. The van der Waals surface area contributed by atoms with Crippen LogP contribution in [0.5, 0.6) is 0 Å². The lowest BCUT2D eigenvalue weighted by molar-refractivity contribution is -0.136. The molecule has 1 aromatic carbocycles. The molecule has 27 heavy (non-hydrogen) atoms. The summed E-state index contributed by atoms with van der Waals surface area (Å²) in [5.74, 6) is -2.00. The molecule has 3 aliphatic heterocycles. The first-order chi connectivity index (χ1) is 13.0. The Morgan fingerprint density at radius 1 is 1.04 bits per heavy atom. The zero-order valence-corrected chi connectivity index (χ0v) is 14.6. The fourth-order valence-corrected chi connectivity index (χ4v) is 4.01. The van der Waals surface area contributed by atoms with Crippen LogP contribution in [0.1, 0.15) is 46.4 Å². The van der Waals surface area contributed by atoms with Crippen LogP contribution >= 0.6 is 0 Å². The highest BCUT2D eigenvalue weighted by molar-refractivity contribution is 6.25. The predicted octanol–water partition coefficient (Wildman–Crippen LogP) is 0.828. The maximum absolute atomic E-state index is 13.1. The molecule has 3 heterocycles. The Hall–Kier alpha value is -3.21. The van der Waals surface area contributed by atoms with E-state index in [0.29, 0.717) is 37.2 Å². The van der Waals surface area contributed by atoms with Crippen LogP contribution in [0.2, 0.25) is 0 Å². The fraction of sp³-hybridized carbons (Fsp3) is 0.421. The molecule has 0 aliphatic carbocycles. The van der Waals surface area contributed by atoms with Gasteiger partial charge in [0.1, 0.15) is 6.04 Å². The lowest BCUT2D eigenvalue weighted by Crippen LogP contribution is -2.54. The van der Waals surface area contributed by atoms with Gasteiger partial charge in [0, 0.05) is 25.4 Å². The highest BCUT2D eigenvalue weighted by Gasteiger charge is 2.46. The Morgan fingerprint density at radius 3 is 2.44 bits per heavy atom. The number of rotatable bonds is 2. The largest absolute Gasteiger partial charge is 0.371 e. The van der Waals surface area contributed by atoms with Gasteiger partial charge in [0.2, 0.25) is 11.8 Å². The average Bonchev–Trinajstić information content (AvgIpc) is 2.93. The summed E-state index contributed by atoms with van der Waals surface area (Å²) >= 11 is 0. The highest BCUT2D eigenvalue weighted by atomic mass is 16.2. The number of nitrogens with zero attached hydrogens (tertiary/aromatic N) is 3. The molecular formula is C19H18N4O4. The van der Waals surface area contributed by atoms with Gasteiger partial charge in [0.05, 0.1) is 22.9 Å². The summed E-state index contributed by atoms with van der Waals surface area (Å²) in [5.41, 5.74) is 1.25. The quantitative estimate of drug-likeness (QED) is 0.776. The van der Waals surface area contributed by atoms with E-state index in [0.717, 1.165) is 4.90 Å². The van der Waals surface area contributed by atoms with Crippen LogP contribution < -0.4 is 10.2 Å². The van der Waals surface area contributed by atoms with E-state index in [1.54, 1.807) is 18.2 Å². The molecule has 2 fully saturated rings. The molecule has 8 nitrogen and oxygen atoms in total. The lowest BCUT2D eigenvalue weighted by Gasteiger charge is -2.32. The van der Waals surface area contributed by atoms with Crippen molar-refractivity contribution in [1.29, 1.82) is 5.26 Å². The van der Waals surface area contributed by atoms with Crippen molar-refractivity contribution in [1.82, 2.24) is 10.2 Å². The molecule has 0 saturated carbocycles. The van der Waals surface area contributed by atoms with Crippen molar-refractivity contribution in [2.45, 2.75) is 31.7 Å². The third-order valence-corrected chi connectivity index (χ3v) is 5.46. The van der Waals surface area contributed by atoms with E-state index in [1.165, 1.54) is 0 Å². The van der Waals surface area contributed by atoms with Gasteiger partial charge in [0.15, 0.2) is 0 Å². The second-order valence-electron chi connectivity index (χ2n) is 7.04. The van der Waals surface area contributed by atoms with E-state index in [1.807, 2.05) is 4.90 Å². The molecule has 0 radical (unpaired) electrons. The standard InChI is InChI=1S/C19H18N4O4/c20-10-11-6-8-22(9-7-11)13-3-1-2-12-16(13)19(27)23(18(12)26)14-4-5-15(24)21-17(14)25/h1-3,11,14H,4-9H2,(H,21,24,25). The van der Waals surface area contributed by atoms with Crippen molar-refractivity contribution in [2.75, 3.05) is 18.0 Å². The number of piperidine rings is 2. The number of hydrogen-bond acceptors (Lipinski definition) is 6. The van der Waals surface area contributed by atoms with Gasteiger partial charge >= 0.3 is 0 Å². The molecule has 8 heteroatoms. The number of nitrogens with one attached hydrogen (secondary N) is 1. The van der Waals surface area contributed by atoms with Crippen molar-refractivity contribution in [3.8, 4) is 6.07 Å². The number of anilines is 1. The van der Waals surface area contributed by atoms with Gasteiger partial charge in [-0.3, -0.25) is 29.4 Å². The Balaban J connectivity index is 1.65. The summed E-state index contributed by atoms with van der Waals surface area (Å²) in [6, 6.07) is 6.42. The van der Waals surface area contributed by atoms with Crippen molar-refractivity contribution in [3.05, 3.63) is 29.3 Å². The zero-order valence-electron chi connectivity index (χ0n) is 14.6. The van der Waals surface area contributed by atoms with Crippen molar-refractivity contribution in [3.63, 3.8) is 0 Å². The van der Waals surface area contributed by atoms with Crippen LogP contribution in [0.3, 0.4) is 0 Å². The molecule has 0 spiro atoms. The summed E-state index contributed by atoms with van der Waals surface area (Å²) in [5, 5.41) is 11.3. The van der Waals surface area contributed by atoms with Gasteiger partial charge in [0.25, 0.3) is 11.8 Å². The minimum absolute atomic E-state index is 0.00955. The molecule has 1 unspecified atom stereocenters. The molecule has 1 atom stereocenters. The Morgan fingerprint density at radius 2 is 1.78 bits per heavy atom. The van der Waals surface area contributed by atoms with E-state index < -0.39 is 29.7 Å². The van der Waals surface area contributed by atoms with Crippen LogP contribution in [0.15, 0.2) is 18.2 Å². The summed E-state index contributed by atoms with van der Waals surface area (Å²) in [4.78, 5) is 52.5. The van der Waals surface area contributed by atoms with E-state index >= 15 is 0 Å². The number of carbonyl (C=O) groups excluding carboxylic acids is 4. The smallest absolute Gasteiger partial charge is 0.264 e. The SMILES string of the molecule is N#CC1CCN(c2cccc3c2C(=O)N(C2CCC(=O)NC2=O)C3=O)CC1. The third-order valence-electron chi connectivity index (χ3n) is 5.46. The lowest BCUT2D eigenvalue weighted by atomic mass is 9.97. The molecule has 2 saturated heterocycles. The van der Waals surface area contributed by atoms with Gasteiger partial charge in [-0.15, -0.1) is 0 Å². The van der Waals surface area contributed by atoms with Crippen molar-refractivity contribution < 1.29 is 19.2 Å². The number of hydrogen-bond donors (Lipinski definition) is 1. The fourth-order valence-electron chi connectivity index (χ4n) is 4.01. The second kappa shape index (κ2) is 6.50. The first-order valence-corrected chi connectivity index (χ1v) is 9.00. The van der Waals surface area contributed by atoms with Gasteiger partial charge in [-0.2, -0.15) is 5.26 Å². The molecule has 1 aromatic rings. The molecule has 0 aromatic heterocycles. The first kappa shape index (κ1) is 17.2. The summed E-state index contributed by atoms with van der Waals surface area (Å²) < 4.78 is 0. The molecule has 0 bridgehead atoms. The summed E-state index contributed by atoms with van der Waals surface area (Å²) in [6.45, 7) is 1.27. The van der Waals surface area contributed by atoms with Gasteiger partial charge < -0.3 is 4.90 Å². The third kappa shape index (κ3) is 2.76. The van der Waals surface area contributed by atoms with E-state index in [9.17, 15) is 19.2 Å². The van der Waals surface area contributed by atoms with Gasteiger partial charge in [-0.05, 0) is 31.4 Å². The van der Waals surface area contributed by atoms with E-state index in [2.05, 4.69) is 11.4 Å². The highest BCUT2D eigenvalue weighted by Crippen LogP contribution is 2.35. The van der Waals surface area contributed by atoms with E-state index in [-0.39, 0.29) is 24.3 Å². The number of amides is 4. The molecule has 1 N–H and O–H groups in total. The average molecular weight is 366 g/mol. The topological polar surface area (TPSA) is 111 Å². The normalized spacial score (nSPS) is 23.3. The number of benzene rings is 1. The predicted molar refractivity (Wildman–Crippen MR) is 93.7 cm³/mol. The molecular weight excluding hydrogens is 348 g/mol. The van der Waals surface area contributed by atoms with E-state index in [4.69, 9.17) is 5.26 Å². The minimum Gasteiger partial charge on any atom is -0.371 e.